The Hall–Kier alpha value is -1.23. The maximum atomic E-state index is 7.59. The zero-order valence-corrected chi connectivity index (χ0v) is 12.7. The highest BCUT2D eigenvalue weighted by atomic mass is 79.9. The molecule has 0 amide bonds. The largest absolute Gasteiger partial charge is 0.455 e. The average molecular weight is 360 g/mol. The predicted octanol–water partition coefficient (Wildman–Crippen LogP) is 4.83. The van der Waals surface area contributed by atoms with Crippen molar-refractivity contribution in [3.05, 3.63) is 56.5 Å². The Morgan fingerprint density at radius 1 is 1.16 bits per heavy atom. The fourth-order valence-corrected chi connectivity index (χ4v) is 2.40. The molecule has 98 valence electrons. The van der Waals surface area contributed by atoms with Gasteiger partial charge in [0.2, 0.25) is 0 Å². The number of nitrogens with two attached hydrogens (primary N) is 1. The molecule has 19 heavy (non-hydrogen) atoms. The number of nitrogen functional groups attached to an aromatic ring is 1. The molecule has 0 aliphatic carbocycles. The molecule has 0 fully saturated rings. The normalized spacial score (nSPS) is 10.3. The molecule has 0 saturated carbocycles. The lowest BCUT2D eigenvalue weighted by atomic mass is 10.2. The molecule has 0 bridgehead atoms. The second-order valence-corrected chi connectivity index (χ2v) is 5.40. The van der Waals surface area contributed by atoms with Gasteiger partial charge in [-0.15, -0.1) is 0 Å². The van der Waals surface area contributed by atoms with Gasteiger partial charge in [0.1, 0.15) is 17.3 Å². The van der Waals surface area contributed by atoms with E-state index in [4.69, 9.17) is 39.1 Å². The van der Waals surface area contributed by atoms with Crippen LogP contribution in [0.1, 0.15) is 5.56 Å². The Bertz CT molecular complexity index is 647. The van der Waals surface area contributed by atoms with Gasteiger partial charge >= 0.3 is 0 Å². The van der Waals surface area contributed by atoms with E-state index in [0.717, 1.165) is 0 Å². The molecule has 3 nitrogen and oxygen atoms in total. The summed E-state index contributed by atoms with van der Waals surface area (Å²) in [6.07, 6.45) is 0. The van der Waals surface area contributed by atoms with Crippen LogP contribution in [0.15, 0.2) is 40.9 Å². The lowest BCUT2D eigenvalue weighted by Crippen LogP contribution is -2.13. The van der Waals surface area contributed by atoms with E-state index in [2.05, 4.69) is 15.9 Å². The molecule has 3 N–H and O–H groups in total. The van der Waals surface area contributed by atoms with Crippen LogP contribution >= 0.6 is 39.1 Å². The molecule has 0 saturated heterocycles. The topological polar surface area (TPSA) is 59.1 Å². The van der Waals surface area contributed by atoms with Crippen LogP contribution in [0.2, 0.25) is 10.0 Å². The van der Waals surface area contributed by atoms with Crippen LogP contribution in [0.5, 0.6) is 11.5 Å². The maximum Gasteiger partial charge on any atom is 0.147 e. The smallest absolute Gasteiger partial charge is 0.147 e. The number of halogens is 3. The van der Waals surface area contributed by atoms with Crippen molar-refractivity contribution >= 4 is 45.0 Å². The van der Waals surface area contributed by atoms with Gasteiger partial charge in [0, 0.05) is 15.6 Å². The van der Waals surface area contributed by atoms with Crippen molar-refractivity contribution in [2.45, 2.75) is 0 Å². The standard InChI is InChI=1S/C13H9BrCl2N2O/c14-8-2-1-3-10(12(8)13(17)18)19-11-6-7(15)4-5-9(11)16/h1-6H,(H3,17,18). The zero-order chi connectivity index (χ0) is 14.0. The van der Waals surface area contributed by atoms with E-state index in [9.17, 15) is 0 Å². The molecule has 2 aromatic rings. The van der Waals surface area contributed by atoms with Crippen LogP contribution in [0.4, 0.5) is 0 Å². The number of benzene rings is 2. The van der Waals surface area contributed by atoms with Crippen LogP contribution < -0.4 is 10.5 Å². The summed E-state index contributed by atoms with van der Waals surface area (Å²) in [5.41, 5.74) is 6.02. The molecule has 0 aliphatic heterocycles. The Labute approximate surface area is 128 Å². The first kappa shape index (κ1) is 14.2. The highest BCUT2D eigenvalue weighted by molar-refractivity contribution is 9.10. The minimum Gasteiger partial charge on any atom is -0.455 e. The third-order valence-electron chi connectivity index (χ3n) is 2.36. The Kier molecular flexibility index (Phi) is 4.34. The van der Waals surface area contributed by atoms with Crippen LogP contribution in [0.25, 0.3) is 0 Å². The lowest BCUT2D eigenvalue weighted by molar-refractivity contribution is 0.481. The fraction of sp³-hybridized carbons (Fsp3) is 0. The van der Waals surface area contributed by atoms with Crippen molar-refractivity contribution in [1.82, 2.24) is 0 Å². The van der Waals surface area contributed by atoms with Gasteiger partial charge in [0.15, 0.2) is 0 Å². The molecule has 0 unspecified atom stereocenters. The van der Waals surface area contributed by atoms with E-state index in [1.165, 1.54) is 0 Å². The molecular weight excluding hydrogens is 351 g/mol. The van der Waals surface area contributed by atoms with Gasteiger partial charge in [-0.1, -0.05) is 29.3 Å². The lowest BCUT2D eigenvalue weighted by Gasteiger charge is -2.12. The first-order chi connectivity index (χ1) is 8.99. The van der Waals surface area contributed by atoms with E-state index in [-0.39, 0.29) is 5.84 Å². The first-order valence-electron chi connectivity index (χ1n) is 5.25. The predicted molar refractivity (Wildman–Crippen MR) is 81.7 cm³/mol. The van der Waals surface area contributed by atoms with Crippen molar-refractivity contribution in [3.63, 3.8) is 0 Å². The summed E-state index contributed by atoms with van der Waals surface area (Å²) in [4.78, 5) is 0. The highest BCUT2D eigenvalue weighted by Crippen LogP contribution is 2.35. The molecule has 0 atom stereocenters. The number of amidine groups is 1. The van der Waals surface area contributed by atoms with Gasteiger partial charge in [-0.3, -0.25) is 5.41 Å². The third kappa shape index (κ3) is 3.21. The van der Waals surface area contributed by atoms with Crippen molar-refractivity contribution in [1.29, 1.82) is 5.41 Å². The first-order valence-corrected chi connectivity index (χ1v) is 6.79. The molecule has 0 heterocycles. The summed E-state index contributed by atoms with van der Waals surface area (Å²) in [6.45, 7) is 0. The average Bonchev–Trinajstić information content (AvgIpc) is 2.33. The summed E-state index contributed by atoms with van der Waals surface area (Å²) in [6, 6.07) is 10.2. The Balaban J connectivity index is 2.46. The van der Waals surface area contributed by atoms with E-state index >= 15 is 0 Å². The second kappa shape index (κ2) is 5.82. The number of ether oxygens (including phenoxy) is 1. The van der Waals surface area contributed by atoms with Crippen LogP contribution in [0, 0.1) is 5.41 Å². The Morgan fingerprint density at radius 3 is 2.58 bits per heavy atom. The van der Waals surface area contributed by atoms with Crippen molar-refractivity contribution < 1.29 is 4.74 Å². The van der Waals surface area contributed by atoms with Gasteiger partial charge < -0.3 is 10.5 Å². The zero-order valence-electron chi connectivity index (χ0n) is 9.58. The van der Waals surface area contributed by atoms with E-state index in [0.29, 0.717) is 31.6 Å². The van der Waals surface area contributed by atoms with Crippen molar-refractivity contribution in [2.75, 3.05) is 0 Å². The maximum absolute atomic E-state index is 7.59. The molecule has 0 aliphatic rings. The summed E-state index contributed by atoms with van der Waals surface area (Å²) in [5, 5.41) is 8.53. The quantitative estimate of drug-likeness (QED) is 0.608. The minimum absolute atomic E-state index is 0.0966. The van der Waals surface area contributed by atoms with Crippen molar-refractivity contribution in [3.8, 4) is 11.5 Å². The number of nitrogens with one attached hydrogen (secondary N) is 1. The Morgan fingerprint density at radius 2 is 1.89 bits per heavy atom. The van der Waals surface area contributed by atoms with Crippen molar-refractivity contribution in [2.24, 2.45) is 5.73 Å². The molecule has 2 aromatic carbocycles. The van der Waals surface area contributed by atoms with E-state index in [1.807, 2.05) is 0 Å². The molecule has 0 radical (unpaired) electrons. The third-order valence-corrected chi connectivity index (χ3v) is 3.57. The summed E-state index contributed by atoms with van der Waals surface area (Å²) < 4.78 is 6.37. The van der Waals surface area contributed by atoms with Gasteiger partial charge in [0.05, 0.1) is 10.6 Å². The molecule has 6 heteroatoms. The fourth-order valence-electron chi connectivity index (χ4n) is 1.52. The summed E-state index contributed by atoms with van der Waals surface area (Å²) >= 11 is 15.3. The number of hydrogen-bond donors (Lipinski definition) is 2. The molecule has 0 spiro atoms. The highest BCUT2D eigenvalue weighted by Gasteiger charge is 2.13. The van der Waals surface area contributed by atoms with Gasteiger partial charge in [-0.05, 0) is 40.2 Å². The van der Waals surface area contributed by atoms with E-state index in [1.54, 1.807) is 36.4 Å². The second-order valence-electron chi connectivity index (χ2n) is 3.70. The minimum atomic E-state index is -0.0966. The number of rotatable bonds is 3. The molecule has 2 rings (SSSR count). The number of hydrogen-bond acceptors (Lipinski definition) is 2. The summed E-state index contributed by atoms with van der Waals surface area (Å²) in [7, 11) is 0. The molecule has 0 aromatic heterocycles. The van der Waals surface area contributed by atoms with Crippen LogP contribution in [0.3, 0.4) is 0 Å². The van der Waals surface area contributed by atoms with Crippen LogP contribution in [-0.2, 0) is 0 Å². The molecular formula is C13H9BrCl2N2O. The van der Waals surface area contributed by atoms with Gasteiger partial charge in [-0.2, -0.15) is 0 Å². The SMILES string of the molecule is N=C(N)c1c(Br)cccc1Oc1cc(Cl)ccc1Cl. The van der Waals surface area contributed by atoms with E-state index < -0.39 is 0 Å². The van der Waals surface area contributed by atoms with Gasteiger partial charge in [-0.25, -0.2) is 0 Å². The van der Waals surface area contributed by atoms with Gasteiger partial charge in [0.25, 0.3) is 0 Å². The van der Waals surface area contributed by atoms with Crippen LogP contribution in [-0.4, -0.2) is 5.84 Å². The monoisotopic (exact) mass is 358 g/mol. The summed E-state index contributed by atoms with van der Waals surface area (Å²) in [5.74, 6) is 0.751.